The van der Waals surface area contributed by atoms with Gasteiger partial charge in [0.25, 0.3) is 6.43 Å². The fraction of sp³-hybridized carbons (Fsp3) is 0.333. The molecule has 9 heteroatoms. The number of alkyl halides is 5. The van der Waals surface area contributed by atoms with Crippen LogP contribution >= 0.6 is 0 Å². The number of hydrogen-bond acceptors (Lipinski definition) is 4. The van der Waals surface area contributed by atoms with Gasteiger partial charge in [-0.15, -0.1) is 13.2 Å². The Balaban J connectivity index is 3.23. The van der Waals surface area contributed by atoms with Gasteiger partial charge in [0.1, 0.15) is 5.69 Å². The minimum atomic E-state index is -5.02. The Bertz CT molecular complexity index is 480. The molecule has 0 unspecified atom stereocenters. The molecule has 1 aromatic heterocycles. The number of hydrogen-bond donors (Lipinski definition) is 1. The van der Waals surface area contributed by atoms with Crippen LogP contribution in [0.3, 0.4) is 0 Å². The third-order valence-electron chi connectivity index (χ3n) is 1.83. The highest BCUT2D eigenvalue weighted by atomic mass is 19.4. The first-order chi connectivity index (χ1) is 8.24. The highest BCUT2D eigenvalue weighted by Gasteiger charge is 2.33. The number of aromatic nitrogens is 1. The summed E-state index contributed by atoms with van der Waals surface area (Å²) in [5.41, 5.74) is 3.89. The molecule has 1 aromatic rings. The van der Waals surface area contributed by atoms with Crippen molar-refractivity contribution in [2.75, 3.05) is 5.73 Å². The average Bonchev–Trinajstić information content (AvgIpc) is 2.20. The Morgan fingerprint density at radius 2 is 2.06 bits per heavy atom. The molecule has 4 nitrogen and oxygen atoms in total. The molecule has 0 saturated carbocycles. The van der Waals surface area contributed by atoms with Gasteiger partial charge in [-0.25, -0.2) is 13.8 Å². The first kappa shape index (κ1) is 14.0. The molecule has 0 atom stereocenters. The Hall–Kier alpha value is -2.11. The van der Waals surface area contributed by atoms with E-state index in [1.165, 1.54) is 6.07 Å². The minimum absolute atomic E-state index is 0.360. The number of rotatable bonds is 3. The second kappa shape index (κ2) is 5.03. The molecular formula is C9H6F5N3O. The van der Waals surface area contributed by atoms with E-state index in [0.29, 0.717) is 6.07 Å². The maximum Gasteiger partial charge on any atom is 0.573 e. The van der Waals surface area contributed by atoms with Crippen LogP contribution in [0.5, 0.6) is 5.75 Å². The lowest BCUT2D eigenvalue weighted by atomic mass is 10.1. The number of nitrogens with two attached hydrogens (primary N) is 1. The molecule has 0 aliphatic heterocycles. The van der Waals surface area contributed by atoms with Gasteiger partial charge in [0.05, 0.1) is 12.5 Å². The Morgan fingerprint density at radius 1 is 1.44 bits per heavy atom. The van der Waals surface area contributed by atoms with Crippen molar-refractivity contribution < 1.29 is 26.7 Å². The topological polar surface area (TPSA) is 71.9 Å². The molecule has 98 valence electrons. The number of ether oxygens (including phenoxy) is 1. The summed E-state index contributed by atoms with van der Waals surface area (Å²) >= 11 is 0. The number of nitriles is 1. The van der Waals surface area contributed by atoms with Crippen molar-refractivity contribution >= 4 is 5.82 Å². The highest BCUT2D eigenvalue weighted by Crippen LogP contribution is 2.32. The summed E-state index contributed by atoms with van der Waals surface area (Å²) in [7, 11) is 0. The SMILES string of the molecule is N#CCc1cc(OC(F)(F)F)c(N)nc1C(F)F. The molecule has 0 aliphatic rings. The summed E-state index contributed by atoms with van der Waals surface area (Å²) in [6.07, 6.45) is -8.59. The maximum atomic E-state index is 12.5. The van der Waals surface area contributed by atoms with Gasteiger partial charge in [-0.1, -0.05) is 0 Å². The van der Waals surface area contributed by atoms with Crippen LogP contribution in [0.1, 0.15) is 17.7 Å². The van der Waals surface area contributed by atoms with Crippen LogP contribution in [0.25, 0.3) is 0 Å². The molecule has 2 N–H and O–H groups in total. The van der Waals surface area contributed by atoms with Crippen molar-refractivity contribution in [2.45, 2.75) is 19.2 Å². The fourth-order valence-corrected chi connectivity index (χ4v) is 1.18. The molecule has 0 radical (unpaired) electrons. The predicted octanol–water partition coefficient (Wildman–Crippen LogP) is 2.57. The maximum absolute atomic E-state index is 12.5. The van der Waals surface area contributed by atoms with Crippen LogP contribution in [0.15, 0.2) is 6.07 Å². The number of nitrogen functional groups attached to an aromatic ring is 1. The van der Waals surface area contributed by atoms with Crippen molar-refractivity contribution in [3.05, 3.63) is 17.3 Å². The number of pyridine rings is 1. The molecular weight excluding hydrogens is 261 g/mol. The van der Waals surface area contributed by atoms with E-state index in [2.05, 4.69) is 9.72 Å². The van der Waals surface area contributed by atoms with Gasteiger partial charge in [0.15, 0.2) is 11.6 Å². The van der Waals surface area contributed by atoms with Gasteiger partial charge in [0.2, 0.25) is 0 Å². The van der Waals surface area contributed by atoms with E-state index in [1.54, 1.807) is 0 Å². The summed E-state index contributed by atoms with van der Waals surface area (Å²) in [5, 5.41) is 8.40. The van der Waals surface area contributed by atoms with Crippen molar-refractivity contribution in [2.24, 2.45) is 0 Å². The van der Waals surface area contributed by atoms with Crippen molar-refractivity contribution in [3.8, 4) is 11.8 Å². The molecule has 0 aromatic carbocycles. The Morgan fingerprint density at radius 3 is 2.50 bits per heavy atom. The summed E-state index contributed by atoms with van der Waals surface area (Å²) in [6.45, 7) is 0. The molecule has 0 fully saturated rings. The number of anilines is 1. The van der Waals surface area contributed by atoms with Crippen LogP contribution in [-0.4, -0.2) is 11.3 Å². The first-order valence-electron chi connectivity index (χ1n) is 4.44. The van der Waals surface area contributed by atoms with Gasteiger partial charge in [-0.3, -0.25) is 0 Å². The zero-order valence-corrected chi connectivity index (χ0v) is 8.63. The average molecular weight is 267 g/mol. The molecule has 0 amide bonds. The van der Waals surface area contributed by atoms with E-state index in [1.807, 2.05) is 0 Å². The fourth-order valence-electron chi connectivity index (χ4n) is 1.18. The first-order valence-corrected chi connectivity index (χ1v) is 4.44. The van der Waals surface area contributed by atoms with E-state index < -0.39 is 36.5 Å². The van der Waals surface area contributed by atoms with E-state index in [-0.39, 0.29) is 5.56 Å². The molecule has 0 bridgehead atoms. The molecule has 1 heterocycles. The second-order valence-electron chi connectivity index (χ2n) is 3.10. The van der Waals surface area contributed by atoms with E-state index in [0.717, 1.165) is 0 Å². The zero-order valence-electron chi connectivity index (χ0n) is 8.63. The molecule has 0 spiro atoms. The van der Waals surface area contributed by atoms with Crippen LogP contribution < -0.4 is 10.5 Å². The monoisotopic (exact) mass is 267 g/mol. The zero-order chi connectivity index (χ0) is 13.9. The molecule has 0 aliphatic carbocycles. The van der Waals surface area contributed by atoms with Gasteiger partial charge < -0.3 is 10.5 Å². The largest absolute Gasteiger partial charge is 0.573 e. The van der Waals surface area contributed by atoms with Crippen LogP contribution in [0, 0.1) is 11.3 Å². The van der Waals surface area contributed by atoms with E-state index >= 15 is 0 Å². The Kier molecular flexibility index (Phi) is 3.90. The standard InChI is InChI=1S/C9H6F5N3O/c10-7(11)6-4(1-2-15)3-5(8(16)17-6)18-9(12,13)14/h3,7H,1H2,(H2,16,17). The highest BCUT2D eigenvalue weighted by molar-refractivity contribution is 5.50. The van der Waals surface area contributed by atoms with Crippen LogP contribution in [0.4, 0.5) is 27.8 Å². The number of halogens is 5. The lowest BCUT2D eigenvalue weighted by Crippen LogP contribution is -2.19. The lowest BCUT2D eigenvalue weighted by Gasteiger charge is -2.13. The summed E-state index contributed by atoms with van der Waals surface area (Å²) < 4.78 is 64.5. The molecule has 0 saturated heterocycles. The lowest BCUT2D eigenvalue weighted by molar-refractivity contribution is -0.274. The smallest absolute Gasteiger partial charge is 0.402 e. The van der Waals surface area contributed by atoms with Crippen LogP contribution in [-0.2, 0) is 6.42 Å². The third kappa shape index (κ3) is 3.44. The molecule has 1 rings (SSSR count). The predicted molar refractivity (Wildman–Crippen MR) is 49.6 cm³/mol. The summed E-state index contributed by atoms with van der Waals surface area (Å²) in [4.78, 5) is 3.13. The van der Waals surface area contributed by atoms with Crippen molar-refractivity contribution in [1.29, 1.82) is 5.26 Å². The van der Waals surface area contributed by atoms with Gasteiger partial charge >= 0.3 is 6.36 Å². The quantitative estimate of drug-likeness (QED) is 0.854. The van der Waals surface area contributed by atoms with E-state index in [9.17, 15) is 22.0 Å². The Labute approximate surface area is 97.8 Å². The normalized spacial score (nSPS) is 11.4. The number of nitrogens with zero attached hydrogens (tertiary/aromatic N) is 2. The second-order valence-corrected chi connectivity index (χ2v) is 3.10. The van der Waals surface area contributed by atoms with Gasteiger partial charge in [-0.05, 0) is 11.6 Å². The molecule has 18 heavy (non-hydrogen) atoms. The van der Waals surface area contributed by atoms with Crippen molar-refractivity contribution in [1.82, 2.24) is 4.98 Å². The summed E-state index contributed by atoms with van der Waals surface area (Å²) in [5.74, 6) is -1.72. The third-order valence-corrected chi connectivity index (χ3v) is 1.83. The van der Waals surface area contributed by atoms with Crippen molar-refractivity contribution in [3.63, 3.8) is 0 Å². The van der Waals surface area contributed by atoms with Crippen LogP contribution in [0.2, 0.25) is 0 Å². The van der Waals surface area contributed by atoms with E-state index in [4.69, 9.17) is 11.0 Å². The summed E-state index contributed by atoms with van der Waals surface area (Å²) in [6, 6.07) is 2.18. The minimum Gasteiger partial charge on any atom is -0.402 e. The van der Waals surface area contributed by atoms with Gasteiger partial charge in [-0.2, -0.15) is 5.26 Å². The van der Waals surface area contributed by atoms with Gasteiger partial charge in [0, 0.05) is 0 Å².